The maximum Gasteiger partial charge on any atom is 0.237 e. The van der Waals surface area contributed by atoms with Gasteiger partial charge in [0.05, 0.1) is 12.9 Å². The molecule has 3 heterocycles. The van der Waals surface area contributed by atoms with Gasteiger partial charge in [0.1, 0.15) is 5.75 Å². The molecule has 0 aliphatic heterocycles. The summed E-state index contributed by atoms with van der Waals surface area (Å²) in [4.78, 5) is 29.3. The molecule has 1 aromatic carbocycles. The molecule has 0 fully saturated rings. The van der Waals surface area contributed by atoms with E-state index in [0.717, 1.165) is 33.6 Å². The summed E-state index contributed by atoms with van der Waals surface area (Å²) in [5.41, 5.74) is 3.74. The number of aliphatic imine (C=N–C) groups is 1. The number of nitrogens with one attached hydrogen (secondary N) is 3. The predicted octanol–water partition coefficient (Wildman–Crippen LogP) is 2.03. The number of thioether (sulfide) groups is 1. The Morgan fingerprint density at radius 1 is 1.23 bits per heavy atom. The third-order valence-corrected chi connectivity index (χ3v) is 6.02. The molecule has 0 bridgehead atoms. The van der Waals surface area contributed by atoms with E-state index in [2.05, 4.69) is 46.1 Å². The lowest BCUT2D eigenvalue weighted by molar-refractivity contribution is -0.117. The quantitative estimate of drug-likeness (QED) is 0.190. The minimum Gasteiger partial charge on any atom is -0.497 e. The van der Waals surface area contributed by atoms with Gasteiger partial charge >= 0.3 is 0 Å². The lowest BCUT2D eigenvalue weighted by atomic mass is 10.1. The molecule has 3 aromatic heterocycles. The van der Waals surface area contributed by atoms with E-state index in [1.54, 1.807) is 14.2 Å². The lowest BCUT2D eigenvalue weighted by Gasteiger charge is -2.11. The van der Waals surface area contributed by atoms with Crippen molar-refractivity contribution in [2.24, 2.45) is 12.0 Å². The van der Waals surface area contributed by atoms with E-state index in [-0.39, 0.29) is 17.6 Å². The molecular weight excluding hydrogens is 468 g/mol. The van der Waals surface area contributed by atoms with Gasteiger partial charge in [0, 0.05) is 42.1 Å². The molecule has 182 valence electrons. The van der Waals surface area contributed by atoms with Crippen LogP contribution in [0.5, 0.6) is 5.75 Å². The van der Waals surface area contributed by atoms with E-state index in [1.807, 2.05) is 44.3 Å². The molecule has 0 aliphatic rings. The van der Waals surface area contributed by atoms with Gasteiger partial charge in [0.2, 0.25) is 23.0 Å². The molecule has 0 atom stereocenters. The molecule has 4 aromatic rings. The highest BCUT2D eigenvalue weighted by Gasteiger charge is 2.12. The number of hydrogen-bond acceptors (Lipinski definition) is 9. The van der Waals surface area contributed by atoms with Crippen LogP contribution in [-0.2, 0) is 18.3 Å². The molecule has 13 heteroatoms. The van der Waals surface area contributed by atoms with Crippen molar-refractivity contribution in [3.05, 3.63) is 47.4 Å². The second-order valence-corrected chi connectivity index (χ2v) is 8.67. The Bertz CT molecular complexity index is 1340. The number of anilines is 1. The van der Waals surface area contributed by atoms with Gasteiger partial charge in [-0.3, -0.25) is 20.4 Å². The van der Waals surface area contributed by atoms with E-state index in [0.29, 0.717) is 24.1 Å². The molecule has 0 aliphatic carbocycles. The molecule has 0 saturated carbocycles. The number of guanidine groups is 1. The number of rotatable bonds is 8. The van der Waals surface area contributed by atoms with Crippen molar-refractivity contribution in [2.45, 2.75) is 25.4 Å². The highest BCUT2D eigenvalue weighted by atomic mass is 32.2. The van der Waals surface area contributed by atoms with Crippen molar-refractivity contribution >= 4 is 40.5 Å². The van der Waals surface area contributed by atoms with Gasteiger partial charge < -0.3 is 9.72 Å². The Morgan fingerprint density at radius 3 is 2.74 bits per heavy atom. The Balaban J connectivity index is 1.47. The zero-order chi connectivity index (χ0) is 24.8. The van der Waals surface area contributed by atoms with Crippen LogP contribution in [0.1, 0.15) is 17.0 Å². The van der Waals surface area contributed by atoms with Crippen LogP contribution in [0.4, 0.5) is 5.95 Å². The van der Waals surface area contributed by atoms with Gasteiger partial charge in [-0.2, -0.15) is 0 Å². The summed E-state index contributed by atoms with van der Waals surface area (Å²) in [6.07, 6.45) is 2.62. The Morgan fingerprint density at radius 2 is 2.03 bits per heavy atom. The normalized spacial score (nSPS) is 11.6. The molecule has 0 unspecified atom stereocenters. The van der Waals surface area contributed by atoms with Gasteiger partial charge in [-0.25, -0.2) is 14.6 Å². The minimum atomic E-state index is -0.259. The molecular formula is C22H26N10O2S. The summed E-state index contributed by atoms with van der Waals surface area (Å²) < 4.78 is 6.85. The number of benzene rings is 1. The van der Waals surface area contributed by atoms with Crippen LogP contribution >= 0.6 is 11.8 Å². The van der Waals surface area contributed by atoms with Gasteiger partial charge in [-0.15, -0.1) is 5.10 Å². The van der Waals surface area contributed by atoms with Crippen molar-refractivity contribution in [1.82, 2.24) is 40.5 Å². The monoisotopic (exact) mass is 494 g/mol. The number of aryl methyl sites for hydroxylation is 3. The van der Waals surface area contributed by atoms with Crippen molar-refractivity contribution in [1.29, 1.82) is 0 Å². The first-order chi connectivity index (χ1) is 16.9. The zero-order valence-electron chi connectivity index (χ0n) is 19.9. The van der Waals surface area contributed by atoms with Crippen molar-refractivity contribution in [2.75, 3.05) is 24.7 Å². The average molecular weight is 495 g/mol. The van der Waals surface area contributed by atoms with E-state index >= 15 is 0 Å². The van der Waals surface area contributed by atoms with Gasteiger partial charge in [0.25, 0.3) is 0 Å². The van der Waals surface area contributed by atoms with E-state index in [9.17, 15) is 4.79 Å². The summed E-state index contributed by atoms with van der Waals surface area (Å²) in [7, 11) is 3.36. The van der Waals surface area contributed by atoms with Crippen molar-refractivity contribution in [3.8, 4) is 5.75 Å². The second kappa shape index (κ2) is 11.0. The third-order valence-electron chi connectivity index (χ3n) is 5.01. The van der Waals surface area contributed by atoms with Crippen molar-refractivity contribution < 1.29 is 9.53 Å². The van der Waals surface area contributed by atoms with Crippen LogP contribution in [0.25, 0.3) is 10.9 Å². The minimum absolute atomic E-state index is 0.116. The number of tetrazole rings is 1. The fraction of sp³-hybridized carbons (Fsp3) is 0.318. The maximum absolute atomic E-state index is 12.6. The largest absolute Gasteiger partial charge is 0.497 e. The van der Waals surface area contributed by atoms with Gasteiger partial charge in [-0.05, 0) is 60.5 Å². The summed E-state index contributed by atoms with van der Waals surface area (Å²) in [6, 6.07) is 7.76. The van der Waals surface area contributed by atoms with Crippen LogP contribution in [0.3, 0.4) is 0 Å². The summed E-state index contributed by atoms with van der Waals surface area (Å²) in [6.45, 7) is 4.19. The smallest absolute Gasteiger partial charge is 0.237 e. The number of amides is 1. The fourth-order valence-electron chi connectivity index (χ4n) is 3.42. The standard InChI is InChI=1S/C22H26N10O2S/c1-13-9-14(2)26-21(25-13)28-20(27-19(33)12-35-22-29-30-31-32(22)3)23-8-7-15-11-24-18-6-5-16(34-4)10-17(15)18/h5-6,9-11,24H,7-8,12H2,1-4H3,(H2,23,25,26,27,28,33). The second-order valence-electron chi connectivity index (χ2n) is 7.73. The number of nitrogens with zero attached hydrogens (tertiary/aromatic N) is 7. The average Bonchev–Trinajstić information content (AvgIpc) is 3.42. The Kier molecular flexibility index (Phi) is 7.55. The predicted molar refractivity (Wildman–Crippen MR) is 134 cm³/mol. The van der Waals surface area contributed by atoms with Crippen LogP contribution < -0.4 is 15.4 Å². The number of aromatic amines is 1. The molecule has 0 radical (unpaired) electrons. The van der Waals surface area contributed by atoms with Crippen LogP contribution in [0, 0.1) is 13.8 Å². The van der Waals surface area contributed by atoms with E-state index in [4.69, 9.17) is 4.74 Å². The number of fused-ring (bicyclic) bond motifs is 1. The number of ether oxygens (including phenoxy) is 1. The van der Waals surface area contributed by atoms with Crippen LogP contribution in [-0.4, -0.2) is 66.4 Å². The molecule has 35 heavy (non-hydrogen) atoms. The third kappa shape index (κ3) is 6.32. The Labute approximate surface area is 206 Å². The Hall–Kier alpha value is -4.00. The first kappa shape index (κ1) is 24.1. The van der Waals surface area contributed by atoms with Gasteiger partial charge in [0.15, 0.2) is 0 Å². The van der Waals surface area contributed by atoms with Gasteiger partial charge in [-0.1, -0.05) is 11.8 Å². The number of H-pyrrole nitrogens is 1. The first-order valence-corrected chi connectivity index (χ1v) is 11.8. The SMILES string of the molecule is COc1ccc2[nH]cc(CCN=C(NC(=O)CSc3nnnn3C)Nc3nc(C)cc(C)n3)c2c1. The highest BCUT2D eigenvalue weighted by Crippen LogP contribution is 2.24. The number of hydrogen-bond donors (Lipinski definition) is 3. The summed E-state index contributed by atoms with van der Waals surface area (Å²) in [5, 5.41) is 18.7. The number of methoxy groups -OCH3 is 1. The zero-order valence-corrected chi connectivity index (χ0v) is 20.7. The fourth-order valence-corrected chi connectivity index (χ4v) is 4.07. The summed E-state index contributed by atoms with van der Waals surface area (Å²) in [5.74, 6) is 1.28. The summed E-state index contributed by atoms with van der Waals surface area (Å²) >= 11 is 1.23. The topological polar surface area (TPSA) is 148 Å². The first-order valence-electron chi connectivity index (χ1n) is 10.8. The molecule has 12 nitrogen and oxygen atoms in total. The van der Waals surface area contributed by atoms with Crippen LogP contribution in [0.2, 0.25) is 0 Å². The number of carbonyl (C=O) groups excluding carboxylic acids is 1. The molecule has 0 spiro atoms. The van der Waals surface area contributed by atoms with Crippen LogP contribution in [0.15, 0.2) is 40.6 Å². The molecule has 3 N–H and O–H groups in total. The van der Waals surface area contributed by atoms with E-state index < -0.39 is 0 Å². The van der Waals surface area contributed by atoms with E-state index in [1.165, 1.54) is 16.4 Å². The lowest BCUT2D eigenvalue weighted by Crippen LogP contribution is -2.38. The maximum atomic E-state index is 12.6. The highest BCUT2D eigenvalue weighted by molar-refractivity contribution is 7.99. The number of carbonyl (C=O) groups is 1. The molecule has 1 amide bonds. The number of aromatic nitrogens is 7. The molecule has 4 rings (SSSR count). The van der Waals surface area contributed by atoms with Crippen molar-refractivity contribution in [3.63, 3.8) is 0 Å². The molecule has 0 saturated heterocycles.